The first-order chi connectivity index (χ1) is 29.4. The number of allylic oxidation sites excluding steroid dienone is 2. The molecule has 317 valence electrons. The molecule has 0 N–H and O–H groups in total. The van der Waals surface area contributed by atoms with E-state index in [-0.39, 0.29) is 18.2 Å². The minimum absolute atomic E-state index is 0.0246. The summed E-state index contributed by atoms with van der Waals surface area (Å²) in [5, 5.41) is 2.98. The van der Waals surface area contributed by atoms with Gasteiger partial charge in [-0.05, 0) is 0 Å². The van der Waals surface area contributed by atoms with Gasteiger partial charge in [0, 0.05) is 0 Å². The summed E-state index contributed by atoms with van der Waals surface area (Å²) in [6.07, 6.45) is 7.00. The van der Waals surface area contributed by atoms with E-state index in [9.17, 15) is 17.2 Å². The van der Waals surface area contributed by atoms with Gasteiger partial charge in [-0.15, -0.1) is 0 Å². The van der Waals surface area contributed by atoms with Crippen LogP contribution in [0.15, 0.2) is 139 Å². The standard InChI is InChI=1S/2C23H27.C12H9Si.2ClH.Hf/c2*1-16(2)13-17-14-18-9-8-11-19(21(18)15-17)20-10-6-7-12-22(20)23(3,4)5;1-3-7-11-9(5-1)10-6-2-4-8-12(10)13-11;;;/h2*6-12,14-16H,13H2,1-5H3;1-7H,13H2;2*1H;/q;;;;;+2/p-2. The molecule has 4 heteroatoms. The van der Waals surface area contributed by atoms with Crippen molar-refractivity contribution in [1.29, 1.82) is 0 Å². The monoisotopic (exact) mass is 1040 g/mol. The average molecular weight is 1040 g/mol. The fraction of sp³-hybridized carbons (Fsp3) is 0.310. The van der Waals surface area contributed by atoms with Crippen LogP contribution in [0.2, 0.25) is 0 Å². The molecule has 2 unspecified atom stereocenters. The zero-order valence-corrected chi connectivity index (χ0v) is 45.0. The van der Waals surface area contributed by atoms with Crippen molar-refractivity contribution in [2.24, 2.45) is 11.8 Å². The number of hydrogen-bond acceptors (Lipinski definition) is 0. The van der Waals surface area contributed by atoms with Crippen LogP contribution >= 0.6 is 17.2 Å². The summed E-state index contributed by atoms with van der Waals surface area (Å²) in [6.45, 7) is 23.4. The quantitative estimate of drug-likeness (QED) is 0.126. The van der Waals surface area contributed by atoms with Gasteiger partial charge in [0.2, 0.25) is 0 Å². The molecule has 62 heavy (non-hydrogen) atoms. The Hall–Kier alpha value is -3.53. The molecule has 0 amide bonds. The van der Waals surface area contributed by atoms with Crippen LogP contribution in [0.4, 0.5) is 0 Å². The Bertz CT molecular complexity index is 2670. The SMILES string of the molecule is CC(C)CC1=Cc2c(-c3ccccc3C(C)(C)C)cccc2[CH]1[Hf]([Cl])([Cl])([c]1cccc2c1[SiH2]c1ccccc1-2)[CH]1C(CC(C)C)=Cc2c(-c3ccccc3C(C)(C)C)cccc21. The molecule has 6 aromatic carbocycles. The molecule has 0 spiro atoms. The summed E-state index contributed by atoms with van der Waals surface area (Å²) >= 11 is -5.90. The molecule has 9 rings (SSSR count). The Morgan fingerprint density at radius 3 is 1.35 bits per heavy atom. The van der Waals surface area contributed by atoms with Gasteiger partial charge in [0.15, 0.2) is 0 Å². The molecule has 3 aliphatic rings. The van der Waals surface area contributed by atoms with Gasteiger partial charge in [-0.25, -0.2) is 0 Å². The zero-order valence-electron chi connectivity index (χ0n) is 38.5. The van der Waals surface area contributed by atoms with Crippen LogP contribution in [0.3, 0.4) is 0 Å². The van der Waals surface area contributed by atoms with Crippen molar-refractivity contribution in [3.05, 3.63) is 172 Å². The number of fused-ring (bicyclic) bond motifs is 5. The number of benzene rings is 6. The fourth-order valence-electron chi connectivity index (χ4n) is 11.8. The second kappa shape index (κ2) is 15.9. The molecule has 2 atom stereocenters. The Morgan fingerprint density at radius 2 is 0.887 bits per heavy atom. The summed E-state index contributed by atoms with van der Waals surface area (Å²) in [5.74, 6) is 0.860. The van der Waals surface area contributed by atoms with Crippen molar-refractivity contribution in [3.63, 3.8) is 0 Å². The van der Waals surface area contributed by atoms with Crippen molar-refractivity contribution >= 4 is 52.5 Å². The first-order valence-electron chi connectivity index (χ1n) is 23.0. The van der Waals surface area contributed by atoms with E-state index in [4.69, 9.17) is 0 Å². The third-order valence-electron chi connectivity index (χ3n) is 14.1. The van der Waals surface area contributed by atoms with Gasteiger partial charge in [0.05, 0.1) is 0 Å². The molecule has 0 bridgehead atoms. The molecule has 0 nitrogen and oxygen atoms in total. The van der Waals surface area contributed by atoms with Crippen LogP contribution in [-0.2, 0) is 27.0 Å². The van der Waals surface area contributed by atoms with E-state index in [2.05, 4.69) is 209 Å². The van der Waals surface area contributed by atoms with Crippen LogP contribution in [0, 0.1) is 11.8 Å². The fourth-order valence-corrected chi connectivity index (χ4v) is 50.7. The maximum atomic E-state index is 9.50. The predicted octanol–water partition coefficient (Wildman–Crippen LogP) is 14.7. The number of halogens is 2. The van der Waals surface area contributed by atoms with E-state index >= 15 is 0 Å². The second-order valence-electron chi connectivity index (χ2n) is 21.5. The maximum absolute atomic E-state index is 9.50. The van der Waals surface area contributed by atoms with Gasteiger partial charge in [0.25, 0.3) is 0 Å². The molecule has 6 aromatic rings. The van der Waals surface area contributed by atoms with Crippen molar-refractivity contribution in [1.82, 2.24) is 0 Å². The normalized spacial score (nSPS) is 18.0. The number of hydrogen-bond donors (Lipinski definition) is 0. The summed E-state index contributed by atoms with van der Waals surface area (Å²) in [4.78, 5) is 0. The predicted molar refractivity (Wildman–Crippen MR) is 273 cm³/mol. The Labute approximate surface area is 383 Å². The van der Waals surface area contributed by atoms with E-state index in [1.54, 1.807) is 0 Å². The molecule has 0 fully saturated rings. The molecule has 2 aliphatic carbocycles. The van der Waals surface area contributed by atoms with E-state index in [0.717, 1.165) is 12.8 Å². The van der Waals surface area contributed by atoms with Crippen LogP contribution in [-0.4, -0.2) is 9.52 Å². The topological polar surface area (TPSA) is 0 Å². The van der Waals surface area contributed by atoms with Crippen molar-refractivity contribution in [2.45, 2.75) is 100 Å². The molecular formula is C58H63Cl2HfSi. The summed E-state index contributed by atoms with van der Waals surface area (Å²) in [7, 11) is 18.1. The molecule has 0 saturated carbocycles. The van der Waals surface area contributed by atoms with Crippen molar-refractivity contribution < 1.29 is 16.1 Å². The molecular weight excluding hydrogens is 974 g/mol. The minimum atomic E-state index is -5.90. The molecule has 1 aliphatic heterocycles. The third-order valence-corrected chi connectivity index (χ3v) is 45.8. The van der Waals surface area contributed by atoms with Crippen LogP contribution in [0.1, 0.15) is 123 Å². The Balaban J connectivity index is 1.39. The van der Waals surface area contributed by atoms with Gasteiger partial charge < -0.3 is 0 Å². The van der Waals surface area contributed by atoms with E-state index in [1.165, 1.54) is 91.6 Å². The van der Waals surface area contributed by atoms with E-state index in [1.807, 2.05) is 0 Å². The summed E-state index contributed by atoms with van der Waals surface area (Å²) in [6, 6.07) is 48.3. The second-order valence-corrected chi connectivity index (χ2v) is 52.6. The zero-order chi connectivity index (χ0) is 44.0. The first kappa shape index (κ1) is 43.7. The Kier molecular flexibility index (Phi) is 11.2. The Morgan fingerprint density at radius 1 is 0.484 bits per heavy atom. The van der Waals surface area contributed by atoms with Gasteiger partial charge in [-0.2, -0.15) is 0 Å². The van der Waals surface area contributed by atoms with Gasteiger partial charge in [0.1, 0.15) is 0 Å². The number of rotatable bonds is 9. The van der Waals surface area contributed by atoms with Gasteiger partial charge >= 0.3 is 386 Å². The van der Waals surface area contributed by atoms with Crippen LogP contribution in [0.5, 0.6) is 0 Å². The average Bonchev–Trinajstić information content (AvgIpc) is 3.91. The molecule has 0 radical (unpaired) electrons. The van der Waals surface area contributed by atoms with Gasteiger partial charge in [-0.3, -0.25) is 0 Å². The molecule has 0 aromatic heterocycles. The van der Waals surface area contributed by atoms with E-state index in [0.29, 0.717) is 11.8 Å². The third kappa shape index (κ3) is 7.19. The van der Waals surface area contributed by atoms with E-state index < -0.39 is 25.7 Å². The summed E-state index contributed by atoms with van der Waals surface area (Å²) in [5.41, 5.74) is 18.7. The summed E-state index contributed by atoms with van der Waals surface area (Å²) < 4.78 is 1.11. The molecule has 1 heterocycles. The van der Waals surface area contributed by atoms with Crippen LogP contribution in [0.25, 0.3) is 45.5 Å². The van der Waals surface area contributed by atoms with Gasteiger partial charge in [-0.1, -0.05) is 0 Å². The van der Waals surface area contributed by atoms with Crippen molar-refractivity contribution in [3.8, 4) is 33.4 Å². The van der Waals surface area contributed by atoms with Crippen LogP contribution < -0.4 is 13.7 Å². The first-order valence-corrected chi connectivity index (χ1v) is 39.3. The molecule has 0 saturated heterocycles. The van der Waals surface area contributed by atoms with Crippen molar-refractivity contribution in [2.75, 3.05) is 0 Å².